The molecule has 0 aliphatic heterocycles. The van der Waals surface area contributed by atoms with E-state index in [4.69, 9.17) is 19.4 Å². The molecular formula is C43H27N3O. The number of fused-ring (bicyclic) bond motifs is 4. The number of furan rings is 1. The van der Waals surface area contributed by atoms with Gasteiger partial charge >= 0.3 is 0 Å². The Balaban J connectivity index is 1.17. The second-order valence-electron chi connectivity index (χ2n) is 11.7. The maximum atomic E-state index is 6.24. The predicted molar refractivity (Wildman–Crippen MR) is 192 cm³/mol. The zero-order valence-electron chi connectivity index (χ0n) is 25.3. The van der Waals surface area contributed by atoms with Crippen LogP contribution in [0.25, 0.3) is 89.1 Å². The average Bonchev–Trinajstić information content (AvgIpc) is 3.52. The molecule has 2 aromatic heterocycles. The van der Waals surface area contributed by atoms with E-state index in [0.717, 1.165) is 49.6 Å². The topological polar surface area (TPSA) is 51.8 Å². The third-order valence-corrected chi connectivity index (χ3v) is 8.71. The van der Waals surface area contributed by atoms with Crippen LogP contribution in [0.3, 0.4) is 0 Å². The molecule has 0 saturated carbocycles. The Labute approximate surface area is 271 Å². The molecule has 2 heterocycles. The molecule has 220 valence electrons. The number of benzene rings is 7. The highest BCUT2D eigenvalue weighted by atomic mass is 16.3. The summed E-state index contributed by atoms with van der Waals surface area (Å²) in [7, 11) is 0. The number of nitrogens with zero attached hydrogens (tertiary/aromatic N) is 3. The second-order valence-corrected chi connectivity index (χ2v) is 11.7. The van der Waals surface area contributed by atoms with E-state index >= 15 is 0 Å². The third-order valence-electron chi connectivity index (χ3n) is 8.71. The van der Waals surface area contributed by atoms with Gasteiger partial charge in [-0.2, -0.15) is 0 Å². The van der Waals surface area contributed by atoms with Crippen LogP contribution in [0.2, 0.25) is 0 Å². The Kier molecular flexibility index (Phi) is 6.43. The van der Waals surface area contributed by atoms with Crippen molar-refractivity contribution >= 4 is 32.7 Å². The molecule has 9 aromatic rings. The van der Waals surface area contributed by atoms with Gasteiger partial charge in [-0.05, 0) is 75.5 Å². The van der Waals surface area contributed by atoms with Gasteiger partial charge in [0.15, 0.2) is 17.5 Å². The highest BCUT2D eigenvalue weighted by Gasteiger charge is 2.15. The molecule has 4 nitrogen and oxygen atoms in total. The standard InChI is InChI=1S/C43H27N3O/c1-4-10-28(11-5-1)31-16-17-33-25-35(19-18-32(33)24-31)42-44-41(30-14-8-3-9-15-30)45-43(46-42)36-21-23-40-38(27-36)37-26-34(20-22-39(37)47-40)29-12-6-2-7-13-29/h1-27H. The number of rotatable bonds is 5. The van der Waals surface area contributed by atoms with Crippen LogP contribution in [-0.4, -0.2) is 15.0 Å². The minimum atomic E-state index is 0.615. The average molecular weight is 602 g/mol. The Bertz CT molecular complexity index is 2560. The lowest BCUT2D eigenvalue weighted by atomic mass is 10.00. The van der Waals surface area contributed by atoms with Gasteiger partial charge < -0.3 is 4.42 Å². The summed E-state index contributed by atoms with van der Waals surface area (Å²) in [5.74, 6) is 1.88. The van der Waals surface area contributed by atoms with Crippen molar-refractivity contribution in [2.75, 3.05) is 0 Å². The van der Waals surface area contributed by atoms with Crippen molar-refractivity contribution in [1.82, 2.24) is 15.0 Å². The van der Waals surface area contributed by atoms with Crippen LogP contribution in [0.4, 0.5) is 0 Å². The van der Waals surface area contributed by atoms with Gasteiger partial charge in [0.25, 0.3) is 0 Å². The molecule has 0 spiro atoms. The van der Waals surface area contributed by atoms with E-state index in [1.165, 1.54) is 22.1 Å². The maximum absolute atomic E-state index is 6.24. The van der Waals surface area contributed by atoms with E-state index in [2.05, 4.69) is 109 Å². The normalized spacial score (nSPS) is 11.4. The van der Waals surface area contributed by atoms with Crippen LogP contribution in [0.5, 0.6) is 0 Å². The molecule has 0 saturated heterocycles. The molecule has 0 unspecified atom stereocenters. The lowest BCUT2D eigenvalue weighted by Gasteiger charge is -2.10. The fourth-order valence-corrected chi connectivity index (χ4v) is 6.27. The molecule has 0 atom stereocenters. The molecule has 0 fully saturated rings. The first-order chi connectivity index (χ1) is 23.2. The summed E-state index contributed by atoms with van der Waals surface area (Å²) >= 11 is 0. The number of hydrogen-bond acceptors (Lipinski definition) is 4. The summed E-state index contributed by atoms with van der Waals surface area (Å²) in [4.78, 5) is 15.0. The van der Waals surface area contributed by atoms with Crippen molar-refractivity contribution in [1.29, 1.82) is 0 Å². The number of hydrogen-bond donors (Lipinski definition) is 0. The third kappa shape index (κ3) is 5.02. The lowest BCUT2D eigenvalue weighted by molar-refractivity contribution is 0.669. The van der Waals surface area contributed by atoms with Gasteiger partial charge in [0.2, 0.25) is 0 Å². The summed E-state index contributed by atoms with van der Waals surface area (Å²) in [6, 6.07) is 56.5. The van der Waals surface area contributed by atoms with Crippen LogP contribution in [0.1, 0.15) is 0 Å². The fraction of sp³-hybridized carbons (Fsp3) is 0. The summed E-state index contributed by atoms with van der Waals surface area (Å²) in [6.45, 7) is 0. The first-order valence-corrected chi connectivity index (χ1v) is 15.7. The Hall–Kier alpha value is -6.39. The molecule has 9 rings (SSSR count). The Morgan fingerprint density at radius 3 is 1.26 bits per heavy atom. The van der Waals surface area contributed by atoms with E-state index in [9.17, 15) is 0 Å². The first-order valence-electron chi connectivity index (χ1n) is 15.7. The van der Waals surface area contributed by atoms with Crippen LogP contribution in [0, 0.1) is 0 Å². The molecule has 4 heteroatoms. The quantitative estimate of drug-likeness (QED) is 0.197. The Morgan fingerprint density at radius 2 is 0.681 bits per heavy atom. The van der Waals surface area contributed by atoms with E-state index in [1.807, 2.05) is 54.6 Å². The second kappa shape index (κ2) is 11.2. The van der Waals surface area contributed by atoms with E-state index < -0.39 is 0 Å². The van der Waals surface area contributed by atoms with Crippen molar-refractivity contribution in [2.45, 2.75) is 0 Å². The van der Waals surface area contributed by atoms with Crippen molar-refractivity contribution in [3.63, 3.8) is 0 Å². The highest BCUT2D eigenvalue weighted by molar-refractivity contribution is 6.07. The lowest BCUT2D eigenvalue weighted by Crippen LogP contribution is -2.00. The molecule has 0 aliphatic carbocycles. The van der Waals surface area contributed by atoms with Crippen LogP contribution in [-0.2, 0) is 0 Å². The minimum Gasteiger partial charge on any atom is -0.456 e. The summed E-state index contributed by atoms with van der Waals surface area (Å²) in [6.07, 6.45) is 0. The fourth-order valence-electron chi connectivity index (χ4n) is 6.27. The van der Waals surface area contributed by atoms with Gasteiger partial charge in [0.1, 0.15) is 11.2 Å². The molecule has 0 N–H and O–H groups in total. The zero-order chi connectivity index (χ0) is 31.2. The SMILES string of the molecule is c1ccc(-c2ccc3cc(-c4nc(-c5ccccc5)nc(-c5ccc6oc7ccc(-c8ccccc8)cc7c6c5)n4)ccc3c2)cc1. The van der Waals surface area contributed by atoms with Crippen molar-refractivity contribution in [2.24, 2.45) is 0 Å². The largest absolute Gasteiger partial charge is 0.456 e. The van der Waals surface area contributed by atoms with Crippen molar-refractivity contribution in [3.05, 3.63) is 164 Å². The predicted octanol–water partition coefficient (Wildman–Crippen LogP) is 11.3. The van der Waals surface area contributed by atoms with E-state index in [0.29, 0.717) is 17.5 Å². The maximum Gasteiger partial charge on any atom is 0.164 e. The monoisotopic (exact) mass is 601 g/mol. The molecular weight excluding hydrogens is 574 g/mol. The van der Waals surface area contributed by atoms with E-state index in [-0.39, 0.29) is 0 Å². The molecule has 47 heavy (non-hydrogen) atoms. The van der Waals surface area contributed by atoms with Crippen LogP contribution < -0.4 is 0 Å². The molecule has 0 radical (unpaired) electrons. The smallest absolute Gasteiger partial charge is 0.164 e. The molecule has 0 aliphatic rings. The van der Waals surface area contributed by atoms with Crippen LogP contribution in [0.15, 0.2) is 168 Å². The molecule has 0 bridgehead atoms. The zero-order valence-corrected chi connectivity index (χ0v) is 25.3. The van der Waals surface area contributed by atoms with Gasteiger partial charge in [-0.15, -0.1) is 0 Å². The van der Waals surface area contributed by atoms with Crippen molar-refractivity contribution in [3.8, 4) is 56.4 Å². The van der Waals surface area contributed by atoms with Crippen molar-refractivity contribution < 1.29 is 4.42 Å². The van der Waals surface area contributed by atoms with Gasteiger partial charge in [-0.3, -0.25) is 0 Å². The summed E-state index contributed by atoms with van der Waals surface area (Å²) < 4.78 is 6.24. The summed E-state index contributed by atoms with van der Waals surface area (Å²) in [5.41, 5.74) is 9.17. The van der Waals surface area contributed by atoms with Gasteiger partial charge in [-0.25, -0.2) is 15.0 Å². The Morgan fingerprint density at radius 1 is 0.298 bits per heavy atom. The van der Waals surface area contributed by atoms with Gasteiger partial charge in [0, 0.05) is 27.5 Å². The number of aromatic nitrogens is 3. The summed E-state index contributed by atoms with van der Waals surface area (Å²) in [5, 5.41) is 4.38. The van der Waals surface area contributed by atoms with E-state index in [1.54, 1.807) is 0 Å². The minimum absolute atomic E-state index is 0.615. The first kappa shape index (κ1) is 27.0. The van der Waals surface area contributed by atoms with Gasteiger partial charge in [0.05, 0.1) is 0 Å². The molecule has 0 amide bonds. The highest BCUT2D eigenvalue weighted by Crippen LogP contribution is 2.35. The molecule has 7 aromatic carbocycles. The van der Waals surface area contributed by atoms with Gasteiger partial charge in [-0.1, -0.05) is 121 Å². The van der Waals surface area contributed by atoms with Crippen LogP contribution >= 0.6 is 0 Å².